The Morgan fingerprint density at radius 2 is 2.14 bits per heavy atom. The van der Waals surface area contributed by atoms with Gasteiger partial charge in [0.1, 0.15) is 0 Å². The summed E-state index contributed by atoms with van der Waals surface area (Å²) in [7, 11) is 0. The number of hydrogen-bond donors (Lipinski definition) is 2. The van der Waals surface area contributed by atoms with Crippen molar-refractivity contribution < 1.29 is 9.53 Å². The van der Waals surface area contributed by atoms with E-state index < -0.39 is 0 Å². The molecule has 0 saturated carbocycles. The van der Waals surface area contributed by atoms with E-state index in [1.54, 1.807) is 0 Å². The molecule has 0 aliphatic rings. The number of amides is 1. The van der Waals surface area contributed by atoms with Crippen molar-refractivity contribution in [3.8, 4) is 0 Å². The summed E-state index contributed by atoms with van der Waals surface area (Å²) in [6.45, 7) is 6.12. The Balaban J connectivity index is 3.23. The maximum Gasteiger partial charge on any atom is 0.236 e. The summed E-state index contributed by atoms with van der Waals surface area (Å²) in [5.41, 5.74) is 5.54. The Bertz CT molecular complexity index is 151. The average molecular weight is 202 g/mol. The van der Waals surface area contributed by atoms with Crippen LogP contribution in [0, 0.1) is 0 Å². The summed E-state index contributed by atoms with van der Waals surface area (Å²) >= 11 is 0. The highest BCUT2D eigenvalue weighted by molar-refractivity contribution is 5.81. The largest absolute Gasteiger partial charge is 0.381 e. The van der Waals surface area contributed by atoms with E-state index >= 15 is 0 Å². The van der Waals surface area contributed by atoms with Crippen LogP contribution in [0.3, 0.4) is 0 Å². The van der Waals surface area contributed by atoms with Gasteiger partial charge >= 0.3 is 0 Å². The molecule has 0 radical (unpaired) electrons. The molecule has 0 bridgehead atoms. The molecule has 0 aromatic heterocycles. The van der Waals surface area contributed by atoms with Crippen molar-refractivity contribution in [2.75, 3.05) is 19.8 Å². The highest BCUT2D eigenvalue weighted by Crippen LogP contribution is 1.87. The topological polar surface area (TPSA) is 64.3 Å². The van der Waals surface area contributed by atoms with E-state index in [0.717, 1.165) is 19.4 Å². The molecule has 14 heavy (non-hydrogen) atoms. The third-order valence-corrected chi connectivity index (χ3v) is 1.89. The van der Waals surface area contributed by atoms with Crippen molar-refractivity contribution >= 4 is 5.91 Å². The fourth-order valence-electron chi connectivity index (χ4n) is 0.949. The van der Waals surface area contributed by atoms with Crippen LogP contribution >= 0.6 is 0 Å². The smallest absolute Gasteiger partial charge is 0.236 e. The van der Waals surface area contributed by atoms with Gasteiger partial charge in [-0.2, -0.15) is 0 Å². The molecule has 0 aliphatic carbocycles. The van der Waals surface area contributed by atoms with Crippen LogP contribution in [-0.4, -0.2) is 31.7 Å². The summed E-state index contributed by atoms with van der Waals surface area (Å²) < 4.78 is 5.27. The first-order valence-corrected chi connectivity index (χ1v) is 5.33. The maximum atomic E-state index is 11.2. The Morgan fingerprint density at radius 1 is 1.43 bits per heavy atom. The molecule has 0 rings (SSSR count). The van der Waals surface area contributed by atoms with Crippen LogP contribution in [0.15, 0.2) is 0 Å². The molecule has 3 N–H and O–H groups in total. The van der Waals surface area contributed by atoms with Crippen molar-refractivity contribution in [3.05, 3.63) is 0 Å². The molecule has 0 unspecified atom stereocenters. The maximum absolute atomic E-state index is 11.2. The van der Waals surface area contributed by atoms with E-state index in [1.807, 2.05) is 6.92 Å². The number of carbonyl (C=O) groups is 1. The zero-order valence-electron chi connectivity index (χ0n) is 9.21. The summed E-state index contributed by atoms with van der Waals surface area (Å²) in [4.78, 5) is 11.2. The van der Waals surface area contributed by atoms with Gasteiger partial charge in [-0.3, -0.25) is 4.79 Å². The first-order chi connectivity index (χ1) is 6.72. The molecule has 4 nitrogen and oxygen atoms in total. The first kappa shape index (κ1) is 13.4. The molecular weight excluding hydrogens is 180 g/mol. The minimum Gasteiger partial charge on any atom is -0.381 e. The predicted molar refractivity (Wildman–Crippen MR) is 57.0 cm³/mol. The van der Waals surface area contributed by atoms with Gasteiger partial charge in [0.05, 0.1) is 6.04 Å². The summed E-state index contributed by atoms with van der Waals surface area (Å²) in [6, 6.07) is -0.369. The lowest BCUT2D eigenvalue weighted by Gasteiger charge is -2.09. The second kappa shape index (κ2) is 8.97. The molecule has 0 saturated heterocycles. The predicted octanol–water partition coefficient (Wildman–Crippen LogP) is 0.657. The van der Waals surface area contributed by atoms with Gasteiger partial charge in [0, 0.05) is 19.8 Å². The van der Waals surface area contributed by atoms with Gasteiger partial charge < -0.3 is 15.8 Å². The summed E-state index contributed by atoms with van der Waals surface area (Å²) in [5, 5.41) is 2.77. The van der Waals surface area contributed by atoms with Crippen LogP contribution in [0.2, 0.25) is 0 Å². The normalized spacial score (nSPS) is 12.5. The third-order valence-electron chi connectivity index (χ3n) is 1.89. The minimum absolute atomic E-state index is 0.0667. The highest BCUT2D eigenvalue weighted by Gasteiger charge is 2.08. The number of nitrogens with two attached hydrogens (primary N) is 1. The average Bonchev–Trinajstić information content (AvgIpc) is 2.21. The number of ether oxygens (including phenoxy) is 1. The summed E-state index contributed by atoms with van der Waals surface area (Å²) in [5.74, 6) is -0.0667. The van der Waals surface area contributed by atoms with Crippen LogP contribution in [0.5, 0.6) is 0 Å². The van der Waals surface area contributed by atoms with Crippen molar-refractivity contribution in [2.24, 2.45) is 5.73 Å². The lowest BCUT2D eigenvalue weighted by Crippen LogP contribution is -2.40. The second-order valence-corrected chi connectivity index (χ2v) is 3.27. The Kier molecular flexibility index (Phi) is 8.57. The zero-order chi connectivity index (χ0) is 10.8. The fourth-order valence-corrected chi connectivity index (χ4v) is 0.949. The zero-order valence-corrected chi connectivity index (χ0v) is 9.21. The SMILES string of the molecule is CCCOCCCNC(=O)[C@H](N)CC. The molecule has 0 aliphatic heterocycles. The molecule has 4 heteroatoms. The van der Waals surface area contributed by atoms with E-state index in [0.29, 0.717) is 19.6 Å². The van der Waals surface area contributed by atoms with Gasteiger partial charge in [-0.1, -0.05) is 13.8 Å². The van der Waals surface area contributed by atoms with Crippen LogP contribution in [0.1, 0.15) is 33.1 Å². The fraction of sp³-hybridized carbons (Fsp3) is 0.900. The molecule has 1 atom stereocenters. The van der Waals surface area contributed by atoms with E-state index in [1.165, 1.54) is 0 Å². The standard InChI is InChI=1S/C10H22N2O2/c1-3-7-14-8-5-6-12-10(13)9(11)4-2/h9H,3-8,11H2,1-2H3,(H,12,13)/t9-/m1/s1. The van der Waals surface area contributed by atoms with E-state index in [4.69, 9.17) is 10.5 Å². The molecule has 0 fully saturated rings. The Morgan fingerprint density at radius 3 is 2.71 bits per heavy atom. The lowest BCUT2D eigenvalue weighted by atomic mass is 10.2. The molecule has 0 aromatic carbocycles. The molecule has 0 aromatic rings. The molecule has 0 spiro atoms. The van der Waals surface area contributed by atoms with Crippen LogP contribution in [-0.2, 0) is 9.53 Å². The Hall–Kier alpha value is -0.610. The lowest BCUT2D eigenvalue weighted by molar-refractivity contribution is -0.122. The van der Waals surface area contributed by atoms with Gasteiger partial charge in [0.25, 0.3) is 0 Å². The molecule has 1 amide bonds. The number of nitrogens with one attached hydrogen (secondary N) is 1. The van der Waals surface area contributed by atoms with Crippen LogP contribution < -0.4 is 11.1 Å². The van der Waals surface area contributed by atoms with Gasteiger partial charge in [-0.25, -0.2) is 0 Å². The number of rotatable bonds is 8. The van der Waals surface area contributed by atoms with Crippen molar-refractivity contribution in [1.29, 1.82) is 0 Å². The minimum atomic E-state index is -0.369. The quantitative estimate of drug-likeness (QED) is 0.568. The van der Waals surface area contributed by atoms with E-state index in [-0.39, 0.29) is 11.9 Å². The van der Waals surface area contributed by atoms with E-state index in [2.05, 4.69) is 12.2 Å². The number of carbonyl (C=O) groups excluding carboxylic acids is 1. The van der Waals surface area contributed by atoms with Crippen molar-refractivity contribution in [1.82, 2.24) is 5.32 Å². The van der Waals surface area contributed by atoms with Crippen LogP contribution in [0.4, 0.5) is 0 Å². The highest BCUT2D eigenvalue weighted by atomic mass is 16.5. The third kappa shape index (κ3) is 6.86. The Labute approximate surface area is 86.2 Å². The van der Waals surface area contributed by atoms with Crippen molar-refractivity contribution in [2.45, 2.75) is 39.2 Å². The monoisotopic (exact) mass is 202 g/mol. The van der Waals surface area contributed by atoms with E-state index in [9.17, 15) is 4.79 Å². The molecule has 84 valence electrons. The first-order valence-electron chi connectivity index (χ1n) is 5.33. The van der Waals surface area contributed by atoms with Gasteiger partial charge in [-0.05, 0) is 19.3 Å². The van der Waals surface area contributed by atoms with Gasteiger partial charge in [-0.15, -0.1) is 0 Å². The molecular formula is C10H22N2O2. The molecule has 0 heterocycles. The van der Waals surface area contributed by atoms with Crippen LogP contribution in [0.25, 0.3) is 0 Å². The summed E-state index contributed by atoms with van der Waals surface area (Å²) in [6.07, 6.45) is 2.56. The van der Waals surface area contributed by atoms with Gasteiger partial charge in [0.15, 0.2) is 0 Å². The van der Waals surface area contributed by atoms with Gasteiger partial charge in [0.2, 0.25) is 5.91 Å². The second-order valence-electron chi connectivity index (χ2n) is 3.27. The van der Waals surface area contributed by atoms with Crippen molar-refractivity contribution in [3.63, 3.8) is 0 Å². The number of hydrogen-bond acceptors (Lipinski definition) is 3.